The summed E-state index contributed by atoms with van der Waals surface area (Å²) in [6, 6.07) is 9.81. The molecule has 1 unspecified atom stereocenters. The van der Waals surface area contributed by atoms with Crippen LogP contribution in [0.1, 0.15) is 31.1 Å². The van der Waals surface area contributed by atoms with Crippen molar-refractivity contribution < 1.29 is 19.3 Å². The molecular formula is C17H26O4Si. The number of carbonyl (C=O) groups is 1. The minimum atomic E-state index is -1.63. The molecule has 0 saturated heterocycles. The lowest BCUT2D eigenvalue weighted by Crippen LogP contribution is -2.44. The molecule has 22 heavy (non-hydrogen) atoms. The lowest BCUT2D eigenvalue weighted by atomic mass is 10.2. The van der Waals surface area contributed by atoms with Crippen molar-refractivity contribution >= 4 is 19.2 Å². The van der Waals surface area contributed by atoms with Crippen LogP contribution in [-0.2, 0) is 14.5 Å². The highest BCUT2D eigenvalue weighted by molar-refractivity contribution is 6.95. The van der Waals surface area contributed by atoms with E-state index in [1.807, 2.05) is 12.1 Å². The number of benzene rings is 1. The lowest BCUT2D eigenvalue weighted by molar-refractivity contribution is -0.276. The zero-order valence-corrected chi connectivity index (χ0v) is 14.9. The molecule has 0 aliphatic rings. The first kappa shape index (κ1) is 18.6. The highest BCUT2D eigenvalue weighted by Crippen LogP contribution is 2.17. The fraction of sp³-hybridized carbons (Fsp3) is 0.471. The minimum Gasteiger partial charge on any atom is -0.382 e. The van der Waals surface area contributed by atoms with Gasteiger partial charge in [-0.2, -0.15) is 4.89 Å². The molecule has 0 aromatic heterocycles. The molecule has 1 rings (SSSR count). The SMILES string of the molecule is C=C[Si](CC)(CC)c1ccc(C(=O)OOC(C)COC)cc1. The number of hydrogen-bond acceptors (Lipinski definition) is 4. The van der Waals surface area contributed by atoms with Crippen LogP contribution in [0.15, 0.2) is 36.5 Å². The quantitative estimate of drug-likeness (QED) is 0.398. The molecule has 0 radical (unpaired) electrons. The Morgan fingerprint density at radius 2 is 1.86 bits per heavy atom. The Labute approximate surface area is 134 Å². The van der Waals surface area contributed by atoms with Gasteiger partial charge in [-0.15, -0.1) is 6.58 Å². The van der Waals surface area contributed by atoms with Gasteiger partial charge in [-0.05, 0) is 19.1 Å². The van der Waals surface area contributed by atoms with E-state index in [0.29, 0.717) is 12.2 Å². The van der Waals surface area contributed by atoms with Crippen LogP contribution >= 0.6 is 0 Å². The Bertz CT molecular complexity index is 480. The fourth-order valence-corrected chi connectivity index (χ4v) is 5.40. The Balaban J connectivity index is 2.76. The molecule has 0 amide bonds. The summed E-state index contributed by atoms with van der Waals surface area (Å²) in [5, 5.41) is 1.29. The van der Waals surface area contributed by atoms with Crippen molar-refractivity contribution in [3.05, 3.63) is 42.1 Å². The molecule has 4 nitrogen and oxygen atoms in total. The molecule has 0 heterocycles. The van der Waals surface area contributed by atoms with Crippen LogP contribution in [0.5, 0.6) is 0 Å². The maximum atomic E-state index is 11.9. The third kappa shape index (κ3) is 4.53. The van der Waals surface area contributed by atoms with Gasteiger partial charge in [0.25, 0.3) is 0 Å². The maximum Gasteiger partial charge on any atom is 0.373 e. The van der Waals surface area contributed by atoms with E-state index >= 15 is 0 Å². The van der Waals surface area contributed by atoms with E-state index in [1.165, 1.54) is 5.19 Å². The molecule has 0 aliphatic heterocycles. The van der Waals surface area contributed by atoms with Gasteiger partial charge in [-0.25, -0.2) is 4.79 Å². The summed E-state index contributed by atoms with van der Waals surface area (Å²) in [6.07, 6.45) is -0.297. The topological polar surface area (TPSA) is 44.8 Å². The van der Waals surface area contributed by atoms with Crippen molar-refractivity contribution in [1.29, 1.82) is 0 Å². The molecule has 5 heteroatoms. The second-order valence-electron chi connectivity index (χ2n) is 5.38. The van der Waals surface area contributed by atoms with E-state index in [1.54, 1.807) is 26.2 Å². The molecule has 1 aromatic carbocycles. The summed E-state index contributed by atoms with van der Waals surface area (Å²) < 4.78 is 4.91. The van der Waals surface area contributed by atoms with Crippen LogP contribution in [0.25, 0.3) is 0 Å². The van der Waals surface area contributed by atoms with Crippen LogP contribution in [0.4, 0.5) is 0 Å². The largest absolute Gasteiger partial charge is 0.382 e. The molecule has 0 bridgehead atoms. The number of carbonyl (C=O) groups excluding carboxylic acids is 1. The standard InChI is InChI=1S/C17H26O4Si/c1-6-22(7-2,8-3)16-11-9-15(10-12-16)17(18)21-20-14(4)13-19-5/h6,9-12,14H,1,7-8,13H2,2-5H3. The molecule has 0 fully saturated rings. The first-order chi connectivity index (χ1) is 10.5. The molecule has 0 aliphatic carbocycles. The first-order valence-electron chi connectivity index (χ1n) is 7.63. The number of hydrogen-bond donors (Lipinski definition) is 0. The Morgan fingerprint density at radius 3 is 2.32 bits per heavy atom. The van der Waals surface area contributed by atoms with Gasteiger partial charge >= 0.3 is 5.97 Å². The predicted octanol–water partition coefficient (Wildman–Crippen LogP) is 3.23. The summed E-state index contributed by atoms with van der Waals surface area (Å²) >= 11 is 0. The predicted molar refractivity (Wildman–Crippen MR) is 90.8 cm³/mol. The summed E-state index contributed by atoms with van der Waals surface area (Å²) in [5.41, 5.74) is 2.60. The molecule has 0 N–H and O–H groups in total. The number of ether oxygens (including phenoxy) is 1. The second kappa shape index (κ2) is 8.88. The second-order valence-corrected chi connectivity index (χ2v) is 10.1. The molecular weight excluding hydrogens is 296 g/mol. The van der Waals surface area contributed by atoms with Gasteiger partial charge in [0.15, 0.2) is 0 Å². The molecule has 1 atom stereocenters. The van der Waals surface area contributed by atoms with Gasteiger partial charge in [0.2, 0.25) is 0 Å². The summed E-state index contributed by atoms with van der Waals surface area (Å²) in [5.74, 6) is -0.492. The Hall–Kier alpha value is -1.43. The van der Waals surface area contributed by atoms with Crippen molar-refractivity contribution in [3.8, 4) is 0 Å². The van der Waals surface area contributed by atoms with Gasteiger partial charge in [0.1, 0.15) is 14.2 Å². The number of methoxy groups -OCH3 is 1. The van der Waals surface area contributed by atoms with Gasteiger partial charge in [0.05, 0.1) is 12.2 Å². The van der Waals surface area contributed by atoms with Crippen molar-refractivity contribution in [1.82, 2.24) is 0 Å². The zero-order valence-electron chi connectivity index (χ0n) is 13.9. The van der Waals surface area contributed by atoms with Crippen LogP contribution in [0.2, 0.25) is 12.1 Å². The van der Waals surface area contributed by atoms with Crippen LogP contribution in [0, 0.1) is 0 Å². The Kier molecular flexibility index (Phi) is 7.51. The first-order valence-corrected chi connectivity index (χ1v) is 10.1. The highest BCUT2D eigenvalue weighted by atomic mass is 28.3. The van der Waals surface area contributed by atoms with E-state index in [0.717, 1.165) is 12.1 Å². The normalized spacial score (nSPS) is 12.7. The van der Waals surface area contributed by atoms with Gasteiger partial charge in [-0.3, -0.25) is 4.89 Å². The van der Waals surface area contributed by atoms with Crippen molar-refractivity contribution in [3.63, 3.8) is 0 Å². The van der Waals surface area contributed by atoms with Gasteiger partial charge in [-0.1, -0.05) is 49.0 Å². The maximum absolute atomic E-state index is 11.9. The third-order valence-electron chi connectivity index (χ3n) is 4.04. The van der Waals surface area contributed by atoms with Crippen LogP contribution < -0.4 is 5.19 Å². The van der Waals surface area contributed by atoms with E-state index in [2.05, 4.69) is 26.1 Å². The van der Waals surface area contributed by atoms with Gasteiger partial charge < -0.3 is 4.74 Å². The molecule has 0 saturated carbocycles. The fourth-order valence-electron chi connectivity index (χ4n) is 2.44. The summed E-state index contributed by atoms with van der Waals surface area (Å²) in [6.45, 7) is 10.5. The van der Waals surface area contributed by atoms with E-state index in [-0.39, 0.29) is 6.10 Å². The molecule has 0 spiro atoms. The smallest absolute Gasteiger partial charge is 0.373 e. The number of rotatable bonds is 9. The average Bonchev–Trinajstić information content (AvgIpc) is 2.56. The zero-order chi connectivity index (χ0) is 16.6. The van der Waals surface area contributed by atoms with Crippen molar-refractivity contribution in [2.45, 2.75) is 39.0 Å². The van der Waals surface area contributed by atoms with Crippen LogP contribution in [-0.4, -0.2) is 33.9 Å². The van der Waals surface area contributed by atoms with Crippen molar-refractivity contribution in [2.24, 2.45) is 0 Å². The lowest BCUT2D eigenvalue weighted by Gasteiger charge is -2.25. The Morgan fingerprint density at radius 1 is 1.27 bits per heavy atom. The van der Waals surface area contributed by atoms with E-state index in [4.69, 9.17) is 14.5 Å². The molecule has 1 aromatic rings. The van der Waals surface area contributed by atoms with Crippen LogP contribution in [0.3, 0.4) is 0 Å². The monoisotopic (exact) mass is 322 g/mol. The minimum absolute atomic E-state index is 0.297. The summed E-state index contributed by atoms with van der Waals surface area (Å²) in [7, 11) is -0.0672. The average molecular weight is 322 g/mol. The van der Waals surface area contributed by atoms with Crippen molar-refractivity contribution in [2.75, 3.05) is 13.7 Å². The summed E-state index contributed by atoms with van der Waals surface area (Å²) in [4.78, 5) is 21.7. The highest BCUT2D eigenvalue weighted by Gasteiger charge is 2.27. The third-order valence-corrected chi connectivity index (χ3v) is 8.83. The van der Waals surface area contributed by atoms with Gasteiger partial charge in [0, 0.05) is 7.11 Å². The van der Waals surface area contributed by atoms with E-state index < -0.39 is 14.0 Å². The van der Waals surface area contributed by atoms with E-state index in [9.17, 15) is 4.79 Å². The molecule has 122 valence electrons.